The fourth-order valence-electron chi connectivity index (χ4n) is 1.71. The zero-order valence-corrected chi connectivity index (χ0v) is 9.51. The molecule has 0 aromatic heterocycles. The second-order valence-corrected chi connectivity index (χ2v) is 3.92. The molecule has 0 radical (unpaired) electrons. The number of carbonyl (C=O) groups is 1. The summed E-state index contributed by atoms with van der Waals surface area (Å²) < 4.78 is 13.5. The van der Waals surface area contributed by atoms with Gasteiger partial charge in [0.2, 0.25) is 0 Å². The van der Waals surface area contributed by atoms with Gasteiger partial charge in [0.05, 0.1) is 0 Å². The summed E-state index contributed by atoms with van der Waals surface area (Å²) in [5, 5.41) is 8.78. The Hall–Kier alpha value is -2.20. The Morgan fingerprint density at radius 1 is 1.11 bits per heavy atom. The van der Waals surface area contributed by atoms with E-state index in [0.29, 0.717) is 16.7 Å². The Morgan fingerprint density at radius 2 is 1.72 bits per heavy atom. The Balaban J connectivity index is 2.34. The lowest BCUT2D eigenvalue weighted by Crippen LogP contribution is -2.20. The summed E-state index contributed by atoms with van der Waals surface area (Å²) >= 11 is 0. The molecule has 4 heteroatoms. The van der Waals surface area contributed by atoms with Gasteiger partial charge in [0, 0.05) is 5.56 Å². The first kappa shape index (κ1) is 12.3. The molecule has 3 N–H and O–H groups in total. The molecule has 0 bridgehead atoms. The number of carboxylic acids is 1. The molecule has 0 aliphatic heterocycles. The maximum atomic E-state index is 13.5. The van der Waals surface area contributed by atoms with Crippen molar-refractivity contribution >= 4 is 5.97 Å². The van der Waals surface area contributed by atoms with Gasteiger partial charge in [-0.25, -0.2) is 4.39 Å². The molecule has 0 aliphatic rings. The second kappa shape index (κ2) is 4.98. The highest BCUT2D eigenvalue weighted by molar-refractivity contribution is 5.75. The van der Waals surface area contributed by atoms with Crippen LogP contribution in [0.25, 0.3) is 11.1 Å². The van der Waals surface area contributed by atoms with Crippen molar-refractivity contribution in [1.82, 2.24) is 0 Å². The first-order valence-corrected chi connectivity index (χ1v) is 5.43. The molecule has 92 valence electrons. The van der Waals surface area contributed by atoms with Gasteiger partial charge in [-0.15, -0.1) is 0 Å². The normalized spacial score (nSPS) is 12.1. The van der Waals surface area contributed by atoms with E-state index in [2.05, 4.69) is 0 Å². The van der Waals surface area contributed by atoms with Gasteiger partial charge in [0.25, 0.3) is 0 Å². The van der Waals surface area contributed by atoms with Crippen molar-refractivity contribution in [3.05, 3.63) is 59.9 Å². The molecule has 0 amide bonds. The van der Waals surface area contributed by atoms with E-state index >= 15 is 0 Å². The maximum absolute atomic E-state index is 13.5. The zero-order chi connectivity index (χ0) is 13.1. The fourth-order valence-corrected chi connectivity index (χ4v) is 1.71. The molecule has 1 atom stereocenters. The van der Waals surface area contributed by atoms with Crippen molar-refractivity contribution < 1.29 is 14.3 Å². The van der Waals surface area contributed by atoms with E-state index in [0.717, 1.165) is 0 Å². The third-order valence-electron chi connectivity index (χ3n) is 2.72. The van der Waals surface area contributed by atoms with Crippen molar-refractivity contribution in [3.63, 3.8) is 0 Å². The van der Waals surface area contributed by atoms with E-state index in [1.165, 1.54) is 6.07 Å². The summed E-state index contributed by atoms with van der Waals surface area (Å²) in [6.45, 7) is 0. The molecular formula is C14H12FNO2. The Labute approximate surface area is 104 Å². The number of carboxylic acid groups (broad SMARTS) is 1. The van der Waals surface area contributed by atoms with Crippen LogP contribution in [0.2, 0.25) is 0 Å². The van der Waals surface area contributed by atoms with E-state index in [4.69, 9.17) is 10.8 Å². The van der Waals surface area contributed by atoms with Crippen molar-refractivity contribution in [2.45, 2.75) is 6.04 Å². The summed E-state index contributed by atoms with van der Waals surface area (Å²) in [4.78, 5) is 10.7. The summed E-state index contributed by atoms with van der Waals surface area (Å²) in [5.74, 6) is -1.40. The van der Waals surface area contributed by atoms with Gasteiger partial charge in [0.1, 0.15) is 11.9 Å². The fraction of sp³-hybridized carbons (Fsp3) is 0.0714. The Kier molecular flexibility index (Phi) is 3.39. The molecule has 0 aliphatic carbocycles. The maximum Gasteiger partial charge on any atom is 0.325 e. The number of hydrogen-bond donors (Lipinski definition) is 2. The number of aliphatic carboxylic acids is 1. The Morgan fingerprint density at radius 3 is 2.28 bits per heavy atom. The average Bonchev–Trinajstić information content (AvgIpc) is 2.38. The molecule has 2 aromatic carbocycles. The third-order valence-corrected chi connectivity index (χ3v) is 2.72. The van der Waals surface area contributed by atoms with Crippen LogP contribution in [0.1, 0.15) is 11.6 Å². The lowest BCUT2D eigenvalue weighted by molar-refractivity contribution is -0.138. The first-order valence-electron chi connectivity index (χ1n) is 5.43. The van der Waals surface area contributed by atoms with Crippen molar-refractivity contribution in [2.24, 2.45) is 5.73 Å². The van der Waals surface area contributed by atoms with E-state index in [1.54, 1.807) is 42.5 Å². The highest BCUT2D eigenvalue weighted by atomic mass is 19.1. The number of halogens is 1. The molecule has 18 heavy (non-hydrogen) atoms. The van der Waals surface area contributed by atoms with Crippen LogP contribution >= 0.6 is 0 Å². The number of benzene rings is 2. The van der Waals surface area contributed by atoms with Crippen LogP contribution in [0.15, 0.2) is 48.5 Å². The number of nitrogens with two attached hydrogens (primary N) is 1. The first-order chi connectivity index (χ1) is 8.59. The van der Waals surface area contributed by atoms with Gasteiger partial charge in [-0.05, 0) is 17.2 Å². The third kappa shape index (κ3) is 2.38. The summed E-state index contributed by atoms with van der Waals surface area (Å²) in [5.41, 5.74) is 7.14. The zero-order valence-electron chi connectivity index (χ0n) is 9.51. The van der Waals surface area contributed by atoms with Crippen LogP contribution in [0.5, 0.6) is 0 Å². The van der Waals surface area contributed by atoms with E-state index in [9.17, 15) is 9.18 Å². The summed E-state index contributed by atoms with van der Waals surface area (Å²) in [7, 11) is 0. The minimum Gasteiger partial charge on any atom is -0.480 e. The van der Waals surface area contributed by atoms with E-state index < -0.39 is 12.0 Å². The Bertz CT molecular complexity index is 566. The van der Waals surface area contributed by atoms with Crippen LogP contribution in [-0.2, 0) is 4.79 Å². The van der Waals surface area contributed by atoms with Gasteiger partial charge in [-0.1, -0.05) is 42.5 Å². The molecule has 1 unspecified atom stereocenters. The smallest absolute Gasteiger partial charge is 0.325 e. The summed E-state index contributed by atoms with van der Waals surface area (Å²) in [6, 6.07) is 11.9. The van der Waals surface area contributed by atoms with Gasteiger partial charge in [-0.2, -0.15) is 0 Å². The molecule has 0 heterocycles. The molecule has 3 nitrogen and oxygen atoms in total. The van der Waals surface area contributed by atoms with Gasteiger partial charge in [-0.3, -0.25) is 4.79 Å². The van der Waals surface area contributed by atoms with Crippen LogP contribution in [0.3, 0.4) is 0 Å². The van der Waals surface area contributed by atoms with Crippen LogP contribution in [0.4, 0.5) is 4.39 Å². The lowest BCUT2D eigenvalue weighted by atomic mass is 10.0. The minimum absolute atomic E-state index is 0.312. The second-order valence-electron chi connectivity index (χ2n) is 3.92. The minimum atomic E-state index is -1.09. The van der Waals surface area contributed by atoms with Gasteiger partial charge in [0.15, 0.2) is 0 Å². The van der Waals surface area contributed by atoms with Gasteiger partial charge < -0.3 is 10.8 Å². The highest BCUT2D eigenvalue weighted by Crippen LogP contribution is 2.23. The molecule has 2 aromatic rings. The summed E-state index contributed by atoms with van der Waals surface area (Å²) in [6.07, 6.45) is 0. The van der Waals surface area contributed by atoms with Crippen molar-refractivity contribution in [1.29, 1.82) is 0 Å². The van der Waals surface area contributed by atoms with E-state index in [1.807, 2.05) is 0 Å². The van der Waals surface area contributed by atoms with Crippen molar-refractivity contribution in [3.8, 4) is 11.1 Å². The monoisotopic (exact) mass is 245 g/mol. The predicted molar refractivity (Wildman–Crippen MR) is 66.4 cm³/mol. The van der Waals surface area contributed by atoms with Crippen LogP contribution in [0, 0.1) is 5.82 Å². The molecule has 0 saturated heterocycles. The lowest BCUT2D eigenvalue weighted by Gasteiger charge is -2.08. The van der Waals surface area contributed by atoms with Crippen molar-refractivity contribution in [2.75, 3.05) is 0 Å². The number of hydrogen-bond acceptors (Lipinski definition) is 2. The van der Waals surface area contributed by atoms with E-state index in [-0.39, 0.29) is 5.82 Å². The molecule has 2 rings (SSSR count). The van der Waals surface area contributed by atoms with Gasteiger partial charge >= 0.3 is 5.97 Å². The molecule has 0 spiro atoms. The van der Waals surface area contributed by atoms with Crippen LogP contribution in [-0.4, -0.2) is 11.1 Å². The standard InChI is InChI=1S/C14H12FNO2/c15-12-4-2-1-3-11(12)9-5-7-10(8-6-9)13(16)14(17)18/h1-8,13H,16H2,(H,17,18). The molecule has 0 saturated carbocycles. The highest BCUT2D eigenvalue weighted by Gasteiger charge is 2.14. The quantitative estimate of drug-likeness (QED) is 0.873. The molecule has 0 fully saturated rings. The number of rotatable bonds is 3. The largest absolute Gasteiger partial charge is 0.480 e. The SMILES string of the molecule is NC(C(=O)O)c1ccc(-c2ccccc2F)cc1. The molecular weight excluding hydrogens is 233 g/mol. The van der Waals surface area contributed by atoms with Crippen LogP contribution < -0.4 is 5.73 Å². The average molecular weight is 245 g/mol. The predicted octanol–water partition coefficient (Wildman–Crippen LogP) is 2.58. The topological polar surface area (TPSA) is 63.3 Å².